The van der Waals surface area contributed by atoms with Crippen molar-refractivity contribution in [3.8, 4) is 39.1 Å². The molecule has 3 heteroatoms. The first-order valence-corrected chi connectivity index (χ1v) is 20.4. The van der Waals surface area contributed by atoms with Crippen LogP contribution in [0.25, 0.3) is 98.8 Å². The van der Waals surface area contributed by atoms with E-state index in [1.165, 1.54) is 83.1 Å². The van der Waals surface area contributed by atoms with Crippen LogP contribution in [-0.2, 0) is 10.8 Å². The van der Waals surface area contributed by atoms with E-state index in [0.717, 1.165) is 38.0 Å². The van der Waals surface area contributed by atoms with Gasteiger partial charge in [-0.05, 0) is 110 Å². The van der Waals surface area contributed by atoms with Gasteiger partial charge in [-0.2, -0.15) is 0 Å². The molecule has 0 radical (unpaired) electrons. The summed E-state index contributed by atoms with van der Waals surface area (Å²) in [6.07, 6.45) is 0. The molecule has 0 spiro atoms. The molecule has 0 amide bonds. The Morgan fingerprint density at radius 3 is 1.90 bits per heavy atom. The number of hydrogen-bond acceptors (Lipinski definition) is 1. The van der Waals surface area contributed by atoms with Gasteiger partial charge < -0.3 is 4.57 Å². The van der Waals surface area contributed by atoms with E-state index in [-0.39, 0.29) is 16.4 Å². The van der Waals surface area contributed by atoms with E-state index < -0.39 is 0 Å². The molecule has 58 heavy (non-hydrogen) atoms. The van der Waals surface area contributed by atoms with E-state index in [0.29, 0.717) is 0 Å². The molecule has 0 fully saturated rings. The van der Waals surface area contributed by atoms with Crippen LogP contribution in [0.15, 0.2) is 163 Å². The van der Waals surface area contributed by atoms with Gasteiger partial charge in [-0.1, -0.05) is 137 Å². The molecule has 3 nitrogen and oxygen atoms in total. The summed E-state index contributed by atoms with van der Waals surface area (Å²) in [5.74, 6) is 0. The van der Waals surface area contributed by atoms with Crippen molar-refractivity contribution in [1.82, 2.24) is 8.97 Å². The Kier molecular flexibility index (Phi) is 5.93. The maximum atomic E-state index is 14.0. The SMILES string of the molecule is CC1(C)c2ccccc2-c2cc3c4ccccc4n(-c4ccc5c(c4)C(C)(C)c4c(-c6ccc7c(c6)c6cccc8c9ccccc9c(=O)n7c86)cccc4-5)c3cc21. The second-order valence-corrected chi connectivity index (χ2v) is 17.6. The van der Waals surface area contributed by atoms with Crippen LogP contribution in [0.1, 0.15) is 49.9 Å². The topological polar surface area (TPSA) is 26.4 Å². The Morgan fingerprint density at radius 2 is 1.03 bits per heavy atom. The Bertz CT molecular complexity index is 3710. The molecule has 13 rings (SSSR count). The van der Waals surface area contributed by atoms with Crippen LogP contribution >= 0.6 is 0 Å². The molecule has 8 aromatic carbocycles. The summed E-state index contributed by atoms with van der Waals surface area (Å²) in [5, 5.41) is 7.65. The van der Waals surface area contributed by atoms with Crippen LogP contribution in [0, 0.1) is 0 Å². The smallest absolute Gasteiger partial charge is 0.263 e. The zero-order chi connectivity index (χ0) is 38.8. The lowest BCUT2D eigenvalue weighted by Crippen LogP contribution is -2.17. The first-order chi connectivity index (χ1) is 28.2. The summed E-state index contributed by atoms with van der Waals surface area (Å²) in [7, 11) is 0. The maximum Gasteiger partial charge on any atom is 0.263 e. The molecule has 0 aliphatic heterocycles. The molecule has 0 unspecified atom stereocenters. The van der Waals surface area contributed by atoms with Gasteiger partial charge in [-0.3, -0.25) is 9.20 Å². The van der Waals surface area contributed by atoms with Gasteiger partial charge in [0.2, 0.25) is 0 Å². The Morgan fingerprint density at radius 1 is 0.397 bits per heavy atom. The van der Waals surface area contributed by atoms with E-state index in [1.807, 2.05) is 22.6 Å². The number of para-hydroxylation sites is 2. The predicted octanol–water partition coefficient (Wildman–Crippen LogP) is 13.6. The molecule has 0 saturated carbocycles. The minimum atomic E-state index is -0.266. The monoisotopic (exact) mass is 742 g/mol. The molecule has 3 heterocycles. The third kappa shape index (κ3) is 3.82. The van der Waals surface area contributed by atoms with E-state index in [4.69, 9.17) is 0 Å². The molecule has 2 aliphatic carbocycles. The van der Waals surface area contributed by atoms with Crippen molar-refractivity contribution in [3.05, 3.63) is 190 Å². The lowest BCUT2D eigenvalue weighted by atomic mass is 9.78. The fourth-order valence-electron chi connectivity index (χ4n) is 11.4. The van der Waals surface area contributed by atoms with Crippen LogP contribution in [0.4, 0.5) is 0 Å². The van der Waals surface area contributed by atoms with Crippen molar-refractivity contribution < 1.29 is 0 Å². The zero-order valence-electron chi connectivity index (χ0n) is 32.8. The van der Waals surface area contributed by atoms with Crippen molar-refractivity contribution in [1.29, 1.82) is 0 Å². The van der Waals surface area contributed by atoms with Crippen LogP contribution in [0.2, 0.25) is 0 Å². The first kappa shape index (κ1) is 32.2. The van der Waals surface area contributed by atoms with Gasteiger partial charge in [0, 0.05) is 48.8 Å². The van der Waals surface area contributed by atoms with E-state index in [1.54, 1.807) is 0 Å². The van der Waals surface area contributed by atoms with Crippen LogP contribution in [0.3, 0.4) is 0 Å². The summed E-state index contributed by atoms with van der Waals surface area (Å²) < 4.78 is 4.43. The molecular weight excluding hydrogens is 705 g/mol. The maximum absolute atomic E-state index is 14.0. The normalized spacial score (nSPS) is 14.9. The Balaban J connectivity index is 0.994. The fraction of sp³-hybridized carbons (Fsp3) is 0.109. The van der Waals surface area contributed by atoms with Crippen LogP contribution < -0.4 is 5.56 Å². The number of nitrogens with zero attached hydrogens (tertiary/aromatic N) is 2. The third-order valence-electron chi connectivity index (χ3n) is 14.0. The Hall–Kier alpha value is -6.97. The average molecular weight is 743 g/mol. The molecule has 2 aliphatic rings. The highest BCUT2D eigenvalue weighted by Gasteiger charge is 2.39. The summed E-state index contributed by atoms with van der Waals surface area (Å²) in [6, 6.07) is 57.8. The van der Waals surface area contributed by atoms with Gasteiger partial charge in [0.1, 0.15) is 0 Å². The molecule has 3 aromatic heterocycles. The predicted molar refractivity (Wildman–Crippen MR) is 242 cm³/mol. The van der Waals surface area contributed by atoms with E-state index in [2.05, 4.69) is 172 Å². The molecule has 11 aromatic rings. The lowest BCUT2D eigenvalue weighted by Gasteiger charge is -2.25. The van der Waals surface area contributed by atoms with Crippen molar-refractivity contribution in [2.24, 2.45) is 0 Å². The lowest BCUT2D eigenvalue weighted by molar-refractivity contribution is 0.660. The fourth-order valence-corrected chi connectivity index (χ4v) is 11.4. The van der Waals surface area contributed by atoms with Gasteiger partial charge in [0.05, 0.1) is 22.1 Å². The van der Waals surface area contributed by atoms with Gasteiger partial charge in [-0.25, -0.2) is 0 Å². The zero-order valence-corrected chi connectivity index (χ0v) is 32.8. The van der Waals surface area contributed by atoms with Crippen molar-refractivity contribution in [2.45, 2.75) is 38.5 Å². The van der Waals surface area contributed by atoms with Gasteiger partial charge in [-0.15, -0.1) is 0 Å². The van der Waals surface area contributed by atoms with Crippen LogP contribution in [-0.4, -0.2) is 8.97 Å². The standard InChI is InChI=1S/C55H38N2O/c1-54(2)45-21-9-7-14-35(45)42-29-44-37-15-8-10-22-48(37)56(50(44)30-47(42)54)32-24-25-36-38-18-11-17-33(51(38)55(3,4)46(36)28-32)31-23-26-49-43(27-31)40-20-12-19-39-34-13-5-6-16-41(34)53(58)57(49)52(39)40/h5-30H,1-4H3. The summed E-state index contributed by atoms with van der Waals surface area (Å²) in [5.41, 5.74) is 18.4. The van der Waals surface area contributed by atoms with Gasteiger partial charge in [0.15, 0.2) is 0 Å². The number of aromatic nitrogens is 2. The second kappa shape index (κ2) is 10.7. The largest absolute Gasteiger partial charge is 0.309 e. The molecular formula is C55H38N2O. The molecule has 0 atom stereocenters. The molecule has 274 valence electrons. The third-order valence-corrected chi connectivity index (χ3v) is 14.0. The van der Waals surface area contributed by atoms with Crippen molar-refractivity contribution in [2.75, 3.05) is 0 Å². The molecule has 0 bridgehead atoms. The average Bonchev–Trinajstić information content (AvgIpc) is 3.91. The van der Waals surface area contributed by atoms with E-state index >= 15 is 0 Å². The quantitative estimate of drug-likeness (QED) is 0.162. The van der Waals surface area contributed by atoms with E-state index in [9.17, 15) is 4.79 Å². The second-order valence-electron chi connectivity index (χ2n) is 17.6. The molecule has 0 N–H and O–H groups in total. The van der Waals surface area contributed by atoms with Crippen molar-refractivity contribution in [3.63, 3.8) is 0 Å². The highest BCUT2D eigenvalue weighted by Crippen LogP contribution is 2.54. The van der Waals surface area contributed by atoms with Crippen molar-refractivity contribution >= 4 is 59.8 Å². The summed E-state index contributed by atoms with van der Waals surface area (Å²) >= 11 is 0. The molecule has 0 saturated heterocycles. The number of fused-ring (bicyclic) bond motifs is 14. The number of rotatable bonds is 2. The summed E-state index contributed by atoms with van der Waals surface area (Å²) in [6.45, 7) is 9.51. The first-order valence-electron chi connectivity index (χ1n) is 20.4. The number of benzene rings is 8. The van der Waals surface area contributed by atoms with Crippen LogP contribution in [0.5, 0.6) is 0 Å². The highest BCUT2D eigenvalue weighted by molar-refractivity contribution is 6.20. The van der Waals surface area contributed by atoms with Gasteiger partial charge >= 0.3 is 0 Å². The number of pyridine rings is 1. The van der Waals surface area contributed by atoms with Gasteiger partial charge in [0.25, 0.3) is 5.56 Å². The number of hydrogen-bond donors (Lipinski definition) is 0. The minimum Gasteiger partial charge on any atom is -0.309 e. The summed E-state index contributed by atoms with van der Waals surface area (Å²) in [4.78, 5) is 14.0. The highest BCUT2D eigenvalue weighted by atomic mass is 16.1. The minimum absolute atomic E-state index is 0.0384. The Labute approximate surface area is 335 Å².